The maximum Gasteiger partial charge on any atom is 0.439 e. The van der Waals surface area contributed by atoms with E-state index in [1.54, 1.807) is 0 Å². The Morgan fingerprint density at radius 1 is 0.971 bits per heavy atom. The van der Waals surface area contributed by atoms with E-state index in [0.717, 1.165) is 24.8 Å². The zero-order valence-electron chi connectivity index (χ0n) is 19.6. The van der Waals surface area contributed by atoms with E-state index in [-0.39, 0.29) is 11.7 Å². The number of alkyl halides is 6. The molecule has 2 fully saturated rings. The molecular weight excluding hydrogens is 481 g/mol. The summed E-state index contributed by atoms with van der Waals surface area (Å²) in [6, 6.07) is 1.96. The lowest BCUT2D eigenvalue weighted by molar-refractivity contribution is -0.305. The van der Waals surface area contributed by atoms with E-state index >= 15 is 0 Å². The summed E-state index contributed by atoms with van der Waals surface area (Å²) in [5.41, 5.74) is -0.304. The first kappa shape index (κ1) is 27.6. The molecule has 198 valence electrons. The average Bonchev–Trinajstić information content (AvgIpc) is 2.80. The zero-order chi connectivity index (χ0) is 25.8. The van der Waals surface area contributed by atoms with Gasteiger partial charge in [-0.3, -0.25) is 0 Å². The summed E-state index contributed by atoms with van der Waals surface area (Å²) in [6.07, 6.45) is -5.49. The molecule has 1 aromatic rings. The van der Waals surface area contributed by atoms with Gasteiger partial charge in [0.25, 0.3) is 6.17 Å². The molecule has 1 atom stereocenters. The normalized spacial score (nSPS) is 26.7. The molecule has 0 aliphatic heterocycles. The van der Waals surface area contributed by atoms with Gasteiger partial charge in [-0.15, -0.1) is 0 Å². The lowest BCUT2D eigenvalue weighted by atomic mass is 9.70. The van der Waals surface area contributed by atoms with E-state index in [9.17, 15) is 35.5 Å². The van der Waals surface area contributed by atoms with Crippen molar-refractivity contribution in [3.05, 3.63) is 29.6 Å². The Balaban J connectivity index is 1.50. The SMILES string of the molecule is CCCC1CCC(C2CCC(OC(=O)c3ccc(OC(F)(F)C(F)C(F)(F)F)c(F)c3)CC2)CC1. The highest BCUT2D eigenvalue weighted by Gasteiger charge is 2.59. The Hall–Kier alpha value is -2.00. The lowest BCUT2D eigenvalue weighted by Crippen LogP contribution is -2.45. The fourth-order valence-corrected chi connectivity index (χ4v) is 5.35. The molecule has 0 N–H and O–H groups in total. The van der Waals surface area contributed by atoms with Gasteiger partial charge < -0.3 is 9.47 Å². The van der Waals surface area contributed by atoms with Gasteiger partial charge in [-0.05, 0) is 74.5 Å². The van der Waals surface area contributed by atoms with Crippen LogP contribution in [-0.2, 0) is 4.74 Å². The second-order valence-corrected chi connectivity index (χ2v) is 9.72. The molecule has 1 aromatic carbocycles. The maximum atomic E-state index is 14.1. The molecule has 2 saturated carbocycles. The van der Waals surface area contributed by atoms with Crippen molar-refractivity contribution in [2.45, 2.75) is 95.7 Å². The summed E-state index contributed by atoms with van der Waals surface area (Å²) < 4.78 is 99.6. The highest BCUT2D eigenvalue weighted by Crippen LogP contribution is 2.42. The maximum absolute atomic E-state index is 14.1. The summed E-state index contributed by atoms with van der Waals surface area (Å²) >= 11 is 0. The van der Waals surface area contributed by atoms with Crippen molar-refractivity contribution in [2.75, 3.05) is 0 Å². The van der Waals surface area contributed by atoms with Gasteiger partial charge in [0, 0.05) is 0 Å². The van der Waals surface area contributed by atoms with Gasteiger partial charge >= 0.3 is 18.3 Å². The predicted molar refractivity (Wildman–Crippen MR) is 114 cm³/mol. The van der Waals surface area contributed by atoms with Crippen molar-refractivity contribution in [2.24, 2.45) is 17.8 Å². The number of halogens is 7. The molecule has 3 nitrogen and oxygen atoms in total. The number of esters is 1. The fraction of sp³-hybridized carbons (Fsp3) is 0.720. The summed E-state index contributed by atoms with van der Waals surface area (Å²) in [5.74, 6) is -1.59. The first-order valence-electron chi connectivity index (χ1n) is 12.2. The number of hydrogen-bond acceptors (Lipinski definition) is 3. The van der Waals surface area contributed by atoms with E-state index in [2.05, 4.69) is 11.7 Å². The van der Waals surface area contributed by atoms with Gasteiger partial charge in [-0.2, -0.15) is 22.0 Å². The molecule has 2 aliphatic carbocycles. The number of rotatable bonds is 8. The van der Waals surface area contributed by atoms with Crippen LogP contribution in [0.1, 0.15) is 81.5 Å². The van der Waals surface area contributed by atoms with E-state index < -0.39 is 36.0 Å². The molecular formula is C25H31F7O3. The standard InChI is InChI=1S/C25H31F7O3/c1-2-3-15-4-6-16(7-5-15)17-8-11-19(12-9-17)34-22(33)18-10-13-21(20(26)14-18)35-25(31,32)23(27)24(28,29)30/h10,13-17,19,23H,2-9,11-12H2,1H3. The van der Waals surface area contributed by atoms with Gasteiger partial charge in [0.1, 0.15) is 6.10 Å². The monoisotopic (exact) mass is 512 g/mol. The Labute approximate surface area is 200 Å². The van der Waals surface area contributed by atoms with Crippen LogP contribution >= 0.6 is 0 Å². The first-order chi connectivity index (χ1) is 16.4. The van der Waals surface area contributed by atoms with E-state index in [4.69, 9.17) is 4.74 Å². The molecule has 3 rings (SSSR count). The summed E-state index contributed by atoms with van der Waals surface area (Å²) in [4.78, 5) is 12.4. The van der Waals surface area contributed by atoms with Gasteiger partial charge in [0.15, 0.2) is 11.6 Å². The molecule has 0 bridgehead atoms. The quantitative estimate of drug-likeness (QED) is 0.261. The molecule has 10 heteroatoms. The van der Waals surface area contributed by atoms with Crippen LogP contribution in [0.2, 0.25) is 0 Å². The molecule has 0 spiro atoms. The molecule has 0 aromatic heterocycles. The van der Waals surface area contributed by atoms with Crippen molar-refractivity contribution in [1.82, 2.24) is 0 Å². The minimum Gasteiger partial charge on any atom is -0.459 e. The topological polar surface area (TPSA) is 35.5 Å². The van der Waals surface area contributed by atoms with Crippen LogP contribution < -0.4 is 4.74 Å². The van der Waals surface area contributed by atoms with Crippen molar-refractivity contribution >= 4 is 5.97 Å². The van der Waals surface area contributed by atoms with E-state index in [1.165, 1.54) is 38.5 Å². The highest BCUT2D eigenvalue weighted by molar-refractivity contribution is 5.89. The van der Waals surface area contributed by atoms with Gasteiger partial charge in [-0.1, -0.05) is 32.6 Å². The molecule has 0 radical (unpaired) electrons. The minimum atomic E-state index is -5.89. The molecule has 0 heterocycles. The Morgan fingerprint density at radius 3 is 2.06 bits per heavy atom. The lowest BCUT2D eigenvalue weighted by Gasteiger charge is -2.37. The van der Waals surface area contributed by atoms with Crippen molar-refractivity contribution in [1.29, 1.82) is 0 Å². The van der Waals surface area contributed by atoms with Crippen LogP contribution in [0.25, 0.3) is 0 Å². The van der Waals surface area contributed by atoms with E-state index in [1.807, 2.05) is 0 Å². The Morgan fingerprint density at radius 2 is 1.54 bits per heavy atom. The Bertz CT molecular complexity index is 842. The van der Waals surface area contributed by atoms with Crippen LogP contribution in [0.15, 0.2) is 18.2 Å². The number of hydrogen-bond donors (Lipinski definition) is 0. The summed E-state index contributed by atoms with van der Waals surface area (Å²) in [7, 11) is 0. The van der Waals surface area contributed by atoms with Gasteiger partial charge in [0.05, 0.1) is 5.56 Å². The van der Waals surface area contributed by atoms with Crippen molar-refractivity contribution in [3.63, 3.8) is 0 Å². The third kappa shape index (κ3) is 7.26. The molecule has 1 unspecified atom stereocenters. The minimum absolute atomic E-state index is 0.304. The third-order valence-electron chi connectivity index (χ3n) is 7.24. The van der Waals surface area contributed by atoms with Crippen LogP contribution in [-0.4, -0.2) is 30.5 Å². The predicted octanol–water partition coefficient (Wildman–Crippen LogP) is 8.02. The highest BCUT2D eigenvalue weighted by atomic mass is 19.4. The second kappa shape index (κ2) is 11.4. The number of ether oxygens (including phenoxy) is 2. The van der Waals surface area contributed by atoms with Crippen LogP contribution in [0.3, 0.4) is 0 Å². The first-order valence-corrected chi connectivity index (χ1v) is 12.2. The number of carbonyl (C=O) groups excluding carboxylic acids is 1. The molecule has 2 aliphatic rings. The summed E-state index contributed by atoms with van der Waals surface area (Å²) in [5, 5.41) is 0. The van der Waals surface area contributed by atoms with Crippen LogP contribution in [0, 0.1) is 23.6 Å². The second-order valence-electron chi connectivity index (χ2n) is 9.72. The zero-order valence-corrected chi connectivity index (χ0v) is 19.6. The fourth-order valence-electron chi connectivity index (χ4n) is 5.35. The molecule has 0 amide bonds. The van der Waals surface area contributed by atoms with Gasteiger partial charge in [0.2, 0.25) is 0 Å². The third-order valence-corrected chi connectivity index (χ3v) is 7.24. The molecule has 35 heavy (non-hydrogen) atoms. The smallest absolute Gasteiger partial charge is 0.439 e. The van der Waals surface area contributed by atoms with Gasteiger partial charge in [-0.25, -0.2) is 13.6 Å². The average molecular weight is 513 g/mol. The number of carbonyl (C=O) groups is 1. The summed E-state index contributed by atoms with van der Waals surface area (Å²) in [6.45, 7) is 2.21. The van der Waals surface area contributed by atoms with E-state index in [0.29, 0.717) is 36.8 Å². The van der Waals surface area contributed by atoms with Crippen LogP contribution in [0.5, 0.6) is 5.75 Å². The van der Waals surface area contributed by atoms with Crippen molar-refractivity contribution < 1.29 is 45.0 Å². The largest absolute Gasteiger partial charge is 0.459 e. The number of benzene rings is 1. The van der Waals surface area contributed by atoms with Crippen molar-refractivity contribution in [3.8, 4) is 5.75 Å². The molecule has 0 saturated heterocycles. The van der Waals surface area contributed by atoms with Crippen LogP contribution in [0.4, 0.5) is 30.7 Å². The Kier molecular flexibility index (Phi) is 8.96.